The maximum atomic E-state index is 13.3. The standard InChI is InChI=1S/C17H14ClFO2S/c18-16-10-12(6-9-17(16)19)15-3-1-2-14(15)11-4-7-13(8-5-11)22(20)21/h4-10H,1-3H2,(H,20,21). The fourth-order valence-electron chi connectivity index (χ4n) is 2.84. The van der Waals surface area contributed by atoms with Gasteiger partial charge in [0.2, 0.25) is 0 Å². The van der Waals surface area contributed by atoms with Gasteiger partial charge in [0, 0.05) is 0 Å². The van der Waals surface area contributed by atoms with Crippen molar-refractivity contribution < 1.29 is 13.2 Å². The van der Waals surface area contributed by atoms with Crippen LogP contribution in [0.25, 0.3) is 11.1 Å². The van der Waals surface area contributed by atoms with Crippen LogP contribution in [0.15, 0.2) is 47.4 Å². The van der Waals surface area contributed by atoms with Gasteiger partial charge in [-0.25, -0.2) is 8.60 Å². The molecule has 0 amide bonds. The van der Waals surface area contributed by atoms with E-state index in [0.29, 0.717) is 4.90 Å². The molecule has 0 aliphatic heterocycles. The van der Waals surface area contributed by atoms with Crippen molar-refractivity contribution in [2.24, 2.45) is 0 Å². The molecular formula is C17H14ClFO2S. The summed E-state index contributed by atoms with van der Waals surface area (Å²) in [7, 11) is 0. The Hall–Kier alpha value is -1.49. The van der Waals surface area contributed by atoms with Gasteiger partial charge in [-0.15, -0.1) is 0 Å². The lowest BCUT2D eigenvalue weighted by Gasteiger charge is -2.09. The molecule has 2 nitrogen and oxygen atoms in total. The zero-order valence-electron chi connectivity index (χ0n) is 11.7. The van der Waals surface area contributed by atoms with Crippen LogP contribution in [0, 0.1) is 5.82 Å². The molecule has 2 aromatic rings. The van der Waals surface area contributed by atoms with E-state index in [2.05, 4.69) is 0 Å². The highest BCUT2D eigenvalue weighted by Gasteiger charge is 2.18. The van der Waals surface area contributed by atoms with E-state index in [4.69, 9.17) is 16.2 Å². The number of allylic oxidation sites excluding steroid dienone is 2. The van der Waals surface area contributed by atoms with Crippen LogP contribution in [-0.2, 0) is 11.1 Å². The lowest BCUT2D eigenvalue weighted by molar-refractivity contribution is 0.564. The first-order valence-corrected chi connectivity index (χ1v) is 8.43. The highest BCUT2D eigenvalue weighted by Crippen LogP contribution is 2.40. The first-order valence-electron chi connectivity index (χ1n) is 6.95. The molecule has 5 heteroatoms. The summed E-state index contributed by atoms with van der Waals surface area (Å²) in [5.74, 6) is -0.416. The number of halogens is 2. The maximum absolute atomic E-state index is 13.3. The minimum Gasteiger partial charge on any atom is -0.302 e. The fraction of sp³-hybridized carbons (Fsp3) is 0.176. The minimum atomic E-state index is -1.96. The van der Waals surface area contributed by atoms with Crippen LogP contribution >= 0.6 is 11.6 Å². The molecule has 1 atom stereocenters. The Morgan fingerprint density at radius 1 is 1.00 bits per heavy atom. The van der Waals surface area contributed by atoms with Crippen LogP contribution in [0.4, 0.5) is 4.39 Å². The summed E-state index contributed by atoms with van der Waals surface area (Å²) in [6.07, 6.45) is 2.89. The van der Waals surface area contributed by atoms with Crippen LogP contribution in [0.5, 0.6) is 0 Å². The number of hydrogen-bond acceptors (Lipinski definition) is 1. The van der Waals surface area contributed by atoms with E-state index in [1.54, 1.807) is 24.3 Å². The largest absolute Gasteiger partial charge is 0.302 e. The minimum absolute atomic E-state index is 0.127. The summed E-state index contributed by atoms with van der Waals surface area (Å²) in [4.78, 5) is 0.383. The van der Waals surface area contributed by atoms with Crippen LogP contribution in [0.3, 0.4) is 0 Å². The molecule has 1 N–H and O–H groups in total. The number of hydrogen-bond donors (Lipinski definition) is 1. The summed E-state index contributed by atoms with van der Waals surface area (Å²) in [5, 5.41) is 0.127. The molecule has 3 rings (SSSR count). The van der Waals surface area contributed by atoms with Crippen LogP contribution in [-0.4, -0.2) is 8.76 Å². The number of benzene rings is 2. The van der Waals surface area contributed by atoms with Crippen molar-refractivity contribution >= 4 is 33.8 Å². The van der Waals surface area contributed by atoms with E-state index < -0.39 is 16.9 Å². The van der Waals surface area contributed by atoms with Gasteiger partial charge < -0.3 is 4.55 Å². The van der Waals surface area contributed by atoms with Crippen LogP contribution in [0.1, 0.15) is 30.4 Å². The third kappa shape index (κ3) is 3.00. The Kier molecular flexibility index (Phi) is 4.43. The lowest BCUT2D eigenvalue weighted by atomic mass is 9.97. The molecule has 0 fully saturated rings. The second-order valence-corrected chi connectivity index (χ2v) is 6.59. The van der Waals surface area contributed by atoms with Gasteiger partial charge in [0.15, 0.2) is 11.1 Å². The summed E-state index contributed by atoms with van der Waals surface area (Å²) in [6.45, 7) is 0. The SMILES string of the molecule is O=S(O)c1ccc(C2=C(c3ccc(F)c(Cl)c3)CCC2)cc1. The van der Waals surface area contributed by atoms with E-state index >= 15 is 0 Å². The van der Waals surface area contributed by atoms with Gasteiger partial charge in [0.25, 0.3) is 0 Å². The number of rotatable bonds is 3. The zero-order valence-corrected chi connectivity index (χ0v) is 13.3. The van der Waals surface area contributed by atoms with Crippen molar-refractivity contribution in [1.82, 2.24) is 0 Å². The molecule has 0 saturated carbocycles. The molecule has 0 bridgehead atoms. The predicted octanol–water partition coefficient (Wildman–Crippen LogP) is 5.15. The van der Waals surface area contributed by atoms with E-state index in [9.17, 15) is 8.60 Å². The van der Waals surface area contributed by atoms with E-state index in [1.165, 1.54) is 17.2 Å². The average Bonchev–Trinajstić information content (AvgIpc) is 2.99. The van der Waals surface area contributed by atoms with Crippen LogP contribution in [0.2, 0.25) is 5.02 Å². The normalized spacial score (nSPS) is 16.1. The fourth-order valence-corrected chi connectivity index (χ4v) is 3.39. The molecule has 1 aliphatic rings. The third-order valence-corrected chi connectivity index (χ3v) is 4.86. The molecule has 1 unspecified atom stereocenters. The molecule has 0 saturated heterocycles. The topological polar surface area (TPSA) is 37.3 Å². The molecule has 1 aliphatic carbocycles. The summed E-state index contributed by atoms with van der Waals surface area (Å²) >= 11 is 3.92. The predicted molar refractivity (Wildman–Crippen MR) is 87.6 cm³/mol. The van der Waals surface area contributed by atoms with Gasteiger partial charge in [-0.05, 0) is 65.8 Å². The molecule has 0 heterocycles. The second kappa shape index (κ2) is 6.32. The molecular weight excluding hydrogens is 323 g/mol. The summed E-state index contributed by atoms with van der Waals surface area (Å²) in [5.41, 5.74) is 4.33. The zero-order chi connectivity index (χ0) is 15.7. The van der Waals surface area contributed by atoms with Crippen LogP contribution < -0.4 is 0 Å². The molecule has 2 aromatic carbocycles. The van der Waals surface area contributed by atoms with E-state index in [0.717, 1.165) is 30.4 Å². The molecule has 114 valence electrons. The van der Waals surface area contributed by atoms with Crippen molar-refractivity contribution in [3.05, 3.63) is 64.4 Å². The van der Waals surface area contributed by atoms with Gasteiger partial charge in [-0.3, -0.25) is 0 Å². The molecule has 22 heavy (non-hydrogen) atoms. The molecule has 0 spiro atoms. The van der Waals surface area contributed by atoms with Gasteiger partial charge >= 0.3 is 0 Å². The van der Waals surface area contributed by atoms with Crippen molar-refractivity contribution in [3.63, 3.8) is 0 Å². The molecule has 0 radical (unpaired) electrons. The Balaban J connectivity index is 2.03. The Morgan fingerprint density at radius 3 is 2.18 bits per heavy atom. The highest BCUT2D eigenvalue weighted by molar-refractivity contribution is 7.79. The van der Waals surface area contributed by atoms with Gasteiger partial charge in [-0.2, -0.15) is 0 Å². The maximum Gasteiger partial charge on any atom is 0.186 e. The first-order chi connectivity index (χ1) is 10.6. The highest BCUT2D eigenvalue weighted by atomic mass is 35.5. The Morgan fingerprint density at radius 2 is 1.59 bits per heavy atom. The summed E-state index contributed by atoms with van der Waals surface area (Å²) in [6, 6.07) is 11.8. The van der Waals surface area contributed by atoms with E-state index in [1.807, 2.05) is 12.1 Å². The quantitative estimate of drug-likeness (QED) is 0.786. The van der Waals surface area contributed by atoms with Crippen molar-refractivity contribution in [1.29, 1.82) is 0 Å². The van der Waals surface area contributed by atoms with Crippen molar-refractivity contribution in [2.45, 2.75) is 24.2 Å². The molecule has 0 aromatic heterocycles. The van der Waals surface area contributed by atoms with Crippen molar-refractivity contribution in [2.75, 3.05) is 0 Å². The third-order valence-electron chi connectivity index (χ3n) is 3.89. The van der Waals surface area contributed by atoms with Crippen molar-refractivity contribution in [3.8, 4) is 0 Å². The average molecular weight is 337 g/mol. The monoisotopic (exact) mass is 336 g/mol. The Bertz CT molecular complexity index is 769. The summed E-state index contributed by atoms with van der Waals surface area (Å²) < 4.78 is 33.4. The first kappa shape index (κ1) is 15.4. The van der Waals surface area contributed by atoms with E-state index in [-0.39, 0.29) is 5.02 Å². The Labute approximate surface area is 135 Å². The van der Waals surface area contributed by atoms with Gasteiger partial charge in [0.1, 0.15) is 5.82 Å². The van der Waals surface area contributed by atoms with Gasteiger partial charge in [-0.1, -0.05) is 29.8 Å². The second-order valence-electron chi connectivity index (χ2n) is 5.21. The van der Waals surface area contributed by atoms with Gasteiger partial charge in [0.05, 0.1) is 9.92 Å². The lowest BCUT2D eigenvalue weighted by Crippen LogP contribution is -1.91. The smallest absolute Gasteiger partial charge is 0.186 e.